The molecule has 1 aromatic heterocycles. The maximum atomic E-state index is 6.28. The number of rotatable bonds is 6. The molecule has 1 aliphatic heterocycles. The largest absolute Gasteiger partial charge is 0.496 e. The van der Waals surface area contributed by atoms with Crippen LogP contribution in [0.15, 0.2) is 41.5 Å². The van der Waals surface area contributed by atoms with Crippen LogP contribution in [-0.2, 0) is 6.42 Å². The normalized spacial score (nSPS) is 16.3. The molecule has 0 aliphatic carbocycles. The molecule has 6 nitrogen and oxygen atoms in total. The van der Waals surface area contributed by atoms with Gasteiger partial charge in [-0.25, -0.2) is 4.98 Å². The van der Waals surface area contributed by atoms with Crippen LogP contribution in [0.1, 0.15) is 17.5 Å². The van der Waals surface area contributed by atoms with Crippen LogP contribution >= 0.6 is 35.6 Å². The van der Waals surface area contributed by atoms with Crippen LogP contribution in [0.4, 0.5) is 5.82 Å². The Hall–Kier alpha value is -1.74. The molecule has 0 saturated carbocycles. The lowest BCUT2D eigenvalue weighted by Gasteiger charge is -2.20. The highest BCUT2D eigenvalue weighted by molar-refractivity contribution is 14.0. The zero-order valence-electron chi connectivity index (χ0n) is 17.1. The number of aromatic nitrogens is 1. The van der Waals surface area contributed by atoms with Gasteiger partial charge in [0.2, 0.25) is 0 Å². The minimum Gasteiger partial charge on any atom is -0.496 e. The number of aliphatic imine (C=N–C) groups is 1. The third kappa shape index (κ3) is 6.37. The van der Waals surface area contributed by atoms with Gasteiger partial charge in [0.25, 0.3) is 0 Å². The zero-order chi connectivity index (χ0) is 19.9. The highest BCUT2D eigenvalue weighted by Crippen LogP contribution is 2.25. The van der Waals surface area contributed by atoms with Crippen LogP contribution in [0.25, 0.3) is 0 Å². The van der Waals surface area contributed by atoms with Crippen LogP contribution in [0.2, 0.25) is 5.02 Å². The Morgan fingerprint density at radius 1 is 1.38 bits per heavy atom. The summed E-state index contributed by atoms with van der Waals surface area (Å²) in [6, 6.07) is 10.3. The van der Waals surface area contributed by atoms with Crippen molar-refractivity contribution in [3.63, 3.8) is 0 Å². The molecule has 1 aromatic carbocycles. The van der Waals surface area contributed by atoms with Gasteiger partial charge in [-0.05, 0) is 43.5 Å². The third-order valence-corrected chi connectivity index (χ3v) is 5.21. The van der Waals surface area contributed by atoms with Gasteiger partial charge >= 0.3 is 0 Å². The summed E-state index contributed by atoms with van der Waals surface area (Å²) in [6.07, 6.45) is 3.66. The van der Waals surface area contributed by atoms with Crippen molar-refractivity contribution in [3.8, 4) is 5.75 Å². The molecule has 0 bridgehead atoms. The van der Waals surface area contributed by atoms with Gasteiger partial charge in [-0.1, -0.05) is 29.3 Å². The Kier molecular flexibility index (Phi) is 9.29. The van der Waals surface area contributed by atoms with E-state index in [0.29, 0.717) is 11.1 Å². The Labute approximate surface area is 195 Å². The molecule has 158 valence electrons. The van der Waals surface area contributed by atoms with E-state index in [1.165, 1.54) is 11.1 Å². The Morgan fingerprint density at radius 2 is 2.21 bits per heavy atom. The molecule has 2 aromatic rings. The van der Waals surface area contributed by atoms with E-state index in [4.69, 9.17) is 16.3 Å². The summed E-state index contributed by atoms with van der Waals surface area (Å²) < 4.78 is 5.46. The Bertz CT molecular complexity index is 832. The number of halogens is 2. The highest BCUT2D eigenvalue weighted by atomic mass is 127. The summed E-state index contributed by atoms with van der Waals surface area (Å²) in [4.78, 5) is 11.0. The first-order valence-electron chi connectivity index (χ1n) is 9.57. The number of pyridine rings is 1. The molecule has 1 saturated heterocycles. The molecule has 0 amide bonds. The van der Waals surface area contributed by atoms with Gasteiger partial charge in [-0.15, -0.1) is 24.0 Å². The van der Waals surface area contributed by atoms with E-state index in [-0.39, 0.29) is 24.0 Å². The quantitative estimate of drug-likeness (QED) is 0.340. The molecule has 2 heterocycles. The summed E-state index contributed by atoms with van der Waals surface area (Å²) in [5, 5.41) is 7.60. The number of nitrogens with zero attached hydrogens (tertiary/aromatic N) is 3. The number of aryl methyl sites for hydroxylation is 1. The van der Waals surface area contributed by atoms with Crippen molar-refractivity contribution in [1.29, 1.82) is 0 Å². The number of anilines is 1. The number of guanidine groups is 1. The van der Waals surface area contributed by atoms with E-state index < -0.39 is 0 Å². The lowest BCUT2D eigenvalue weighted by molar-refractivity contribution is 0.409. The molecule has 1 aliphatic rings. The smallest absolute Gasteiger partial charge is 0.191 e. The van der Waals surface area contributed by atoms with Gasteiger partial charge in [0, 0.05) is 38.9 Å². The first-order chi connectivity index (χ1) is 13.6. The minimum absolute atomic E-state index is 0. The maximum absolute atomic E-state index is 6.28. The Morgan fingerprint density at radius 3 is 2.93 bits per heavy atom. The van der Waals surface area contributed by atoms with E-state index in [9.17, 15) is 0 Å². The fraction of sp³-hybridized carbons (Fsp3) is 0.429. The Balaban J connectivity index is 0.00000300. The number of hydrogen-bond acceptors (Lipinski definition) is 4. The van der Waals surface area contributed by atoms with Crippen molar-refractivity contribution in [2.45, 2.75) is 25.8 Å². The summed E-state index contributed by atoms with van der Waals surface area (Å²) in [7, 11) is 3.51. The monoisotopic (exact) mass is 529 g/mol. The molecule has 0 radical (unpaired) electrons. The average molecular weight is 530 g/mol. The molecule has 0 spiro atoms. The maximum Gasteiger partial charge on any atom is 0.191 e. The van der Waals surface area contributed by atoms with Crippen LogP contribution < -0.4 is 20.3 Å². The number of hydrogen-bond donors (Lipinski definition) is 2. The molecule has 1 atom stereocenters. The van der Waals surface area contributed by atoms with E-state index in [2.05, 4.69) is 44.6 Å². The second-order valence-corrected chi connectivity index (χ2v) is 7.36. The van der Waals surface area contributed by atoms with Gasteiger partial charge in [0.1, 0.15) is 11.6 Å². The number of benzene rings is 1. The number of methoxy groups -OCH3 is 1. The van der Waals surface area contributed by atoms with Crippen LogP contribution in [0.5, 0.6) is 5.75 Å². The molecule has 8 heteroatoms. The van der Waals surface area contributed by atoms with Crippen molar-refractivity contribution in [3.05, 3.63) is 52.7 Å². The summed E-state index contributed by atoms with van der Waals surface area (Å²) in [5.74, 6) is 2.59. The van der Waals surface area contributed by atoms with Gasteiger partial charge in [0.15, 0.2) is 5.96 Å². The zero-order valence-corrected chi connectivity index (χ0v) is 20.2. The molecular weight excluding hydrogens is 501 g/mol. The van der Waals surface area contributed by atoms with Crippen molar-refractivity contribution in [2.75, 3.05) is 38.7 Å². The fourth-order valence-electron chi connectivity index (χ4n) is 3.49. The van der Waals surface area contributed by atoms with Crippen molar-refractivity contribution in [2.24, 2.45) is 4.99 Å². The SMILES string of the molecule is CN=C(NCCc1cc(C)ccc1OC)NC1CCN(c2ncccc2Cl)C1.I. The van der Waals surface area contributed by atoms with Gasteiger partial charge < -0.3 is 20.3 Å². The standard InChI is InChI=1S/C21H28ClN5O.HI/c1-15-6-7-19(28-3)16(13-15)8-11-25-21(23-2)26-17-9-12-27(14-17)20-18(22)5-4-10-24-20;/h4-7,10,13,17H,8-9,11-12,14H2,1-3H3,(H2,23,25,26);1H. The average Bonchev–Trinajstić information content (AvgIpc) is 3.16. The van der Waals surface area contributed by atoms with Crippen LogP contribution in [0.3, 0.4) is 0 Å². The van der Waals surface area contributed by atoms with E-state index in [1.54, 1.807) is 20.4 Å². The molecular formula is C21H29ClIN5O. The van der Waals surface area contributed by atoms with E-state index in [1.807, 2.05) is 18.2 Å². The molecule has 29 heavy (non-hydrogen) atoms. The van der Waals surface area contributed by atoms with Crippen molar-refractivity contribution in [1.82, 2.24) is 15.6 Å². The van der Waals surface area contributed by atoms with E-state index in [0.717, 1.165) is 50.0 Å². The predicted octanol–water partition coefficient (Wildman–Crippen LogP) is 3.66. The number of ether oxygens (including phenoxy) is 1. The molecule has 2 N–H and O–H groups in total. The predicted molar refractivity (Wildman–Crippen MR) is 131 cm³/mol. The number of nitrogens with one attached hydrogen (secondary N) is 2. The molecule has 3 rings (SSSR count). The van der Waals surface area contributed by atoms with E-state index >= 15 is 0 Å². The van der Waals surface area contributed by atoms with Gasteiger partial charge in [-0.2, -0.15) is 0 Å². The topological polar surface area (TPSA) is 61.8 Å². The molecule has 1 fully saturated rings. The second-order valence-electron chi connectivity index (χ2n) is 6.95. The first kappa shape index (κ1) is 23.5. The summed E-state index contributed by atoms with van der Waals surface area (Å²) in [6.45, 7) is 4.65. The van der Waals surface area contributed by atoms with Gasteiger partial charge in [0.05, 0.1) is 12.1 Å². The lowest BCUT2D eigenvalue weighted by Crippen LogP contribution is -2.45. The second kappa shape index (κ2) is 11.4. The third-order valence-electron chi connectivity index (χ3n) is 4.91. The minimum atomic E-state index is 0. The van der Waals surface area contributed by atoms with Crippen LogP contribution in [0, 0.1) is 6.92 Å². The molecule has 1 unspecified atom stereocenters. The summed E-state index contributed by atoms with van der Waals surface area (Å²) in [5.41, 5.74) is 2.43. The van der Waals surface area contributed by atoms with Gasteiger partial charge in [-0.3, -0.25) is 4.99 Å². The summed E-state index contributed by atoms with van der Waals surface area (Å²) >= 11 is 6.28. The highest BCUT2D eigenvalue weighted by Gasteiger charge is 2.25. The van der Waals surface area contributed by atoms with Crippen molar-refractivity contribution < 1.29 is 4.74 Å². The lowest BCUT2D eigenvalue weighted by atomic mass is 10.1. The first-order valence-corrected chi connectivity index (χ1v) is 9.94. The fourth-order valence-corrected chi connectivity index (χ4v) is 3.73. The van der Waals surface area contributed by atoms with Crippen LogP contribution in [-0.4, -0.2) is 50.8 Å². The van der Waals surface area contributed by atoms with Crippen molar-refractivity contribution >= 4 is 47.4 Å².